The molecule has 2 aromatic heterocycles. The predicted octanol–water partition coefficient (Wildman–Crippen LogP) is 4.62. The van der Waals surface area contributed by atoms with Crippen molar-refractivity contribution < 1.29 is 18.0 Å². The quantitative estimate of drug-likeness (QED) is 0.474. The third kappa shape index (κ3) is 3.24. The van der Waals surface area contributed by atoms with Gasteiger partial charge in [-0.05, 0) is 29.8 Å². The Morgan fingerprint density at radius 1 is 1.16 bits per heavy atom. The summed E-state index contributed by atoms with van der Waals surface area (Å²) in [5, 5.41) is 5.88. The first kappa shape index (κ1) is 20.6. The largest absolute Gasteiger partial charge is 0.416 e. The zero-order valence-corrected chi connectivity index (χ0v) is 17.6. The molecule has 1 fully saturated rings. The van der Waals surface area contributed by atoms with E-state index in [9.17, 15) is 18.0 Å². The van der Waals surface area contributed by atoms with Gasteiger partial charge in [0.1, 0.15) is 5.82 Å². The number of alkyl halides is 3. The number of pyridine rings is 1. The zero-order chi connectivity index (χ0) is 22.8. The summed E-state index contributed by atoms with van der Waals surface area (Å²) in [7, 11) is 1.78. The second-order valence-electron chi connectivity index (χ2n) is 7.90. The van der Waals surface area contributed by atoms with Crippen LogP contribution in [0.5, 0.6) is 0 Å². The average molecular weight is 460 g/mol. The van der Waals surface area contributed by atoms with Crippen molar-refractivity contribution in [3.8, 4) is 0 Å². The molecule has 0 unspecified atom stereocenters. The van der Waals surface area contributed by atoms with Crippen LogP contribution in [0.1, 0.15) is 27.4 Å². The van der Waals surface area contributed by atoms with Gasteiger partial charge in [0.25, 0.3) is 5.91 Å². The van der Waals surface area contributed by atoms with Crippen LogP contribution in [0.3, 0.4) is 0 Å². The molecule has 1 aliphatic rings. The van der Waals surface area contributed by atoms with E-state index in [2.05, 4.69) is 10.1 Å². The number of aromatic nitrogens is 3. The number of likely N-dealkylation sites (tertiary alicyclic amines) is 1. The Morgan fingerprint density at radius 3 is 2.50 bits per heavy atom. The molecule has 164 valence electrons. The molecular formula is C22H17ClF3N5O. The summed E-state index contributed by atoms with van der Waals surface area (Å²) in [4.78, 5) is 19.1. The van der Waals surface area contributed by atoms with Crippen molar-refractivity contribution in [2.45, 2.75) is 12.1 Å². The summed E-state index contributed by atoms with van der Waals surface area (Å²) in [5.41, 5.74) is 7.75. The highest BCUT2D eigenvalue weighted by Gasteiger charge is 2.35. The zero-order valence-electron chi connectivity index (χ0n) is 16.8. The van der Waals surface area contributed by atoms with Crippen LogP contribution in [0.25, 0.3) is 21.8 Å². The summed E-state index contributed by atoms with van der Waals surface area (Å²) in [6.07, 6.45) is -2.75. The van der Waals surface area contributed by atoms with Crippen LogP contribution in [-0.4, -0.2) is 38.7 Å². The number of carbonyl (C=O) groups is 1. The second-order valence-corrected chi connectivity index (χ2v) is 8.31. The number of fused-ring (bicyclic) bond motifs is 3. The maximum absolute atomic E-state index is 13.1. The summed E-state index contributed by atoms with van der Waals surface area (Å²) < 4.78 is 40.0. The maximum Gasteiger partial charge on any atom is 0.416 e. The van der Waals surface area contributed by atoms with Gasteiger partial charge in [-0.2, -0.15) is 18.3 Å². The fourth-order valence-electron chi connectivity index (χ4n) is 4.11. The van der Waals surface area contributed by atoms with Gasteiger partial charge < -0.3 is 10.6 Å². The molecule has 1 saturated heterocycles. The Kier molecular flexibility index (Phi) is 4.56. The van der Waals surface area contributed by atoms with Crippen molar-refractivity contribution in [3.05, 3.63) is 64.3 Å². The molecule has 1 aliphatic heterocycles. The smallest absolute Gasteiger partial charge is 0.383 e. The van der Waals surface area contributed by atoms with E-state index in [0.717, 1.165) is 23.2 Å². The molecule has 5 rings (SSSR count). The molecule has 0 saturated carbocycles. The molecule has 3 heterocycles. The fourth-order valence-corrected chi connectivity index (χ4v) is 4.35. The van der Waals surface area contributed by atoms with Crippen molar-refractivity contribution in [2.75, 3.05) is 18.8 Å². The molecule has 1 amide bonds. The van der Waals surface area contributed by atoms with E-state index in [0.29, 0.717) is 40.8 Å². The number of nitrogens with zero attached hydrogens (tertiary/aromatic N) is 4. The fraction of sp³-hybridized carbons (Fsp3) is 0.227. The van der Waals surface area contributed by atoms with Crippen LogP contribution in [0.2, 0.25) is 5.02 Å². The van der Waals surface area contributed by atoms with Crippen LogP contribution in [0.4, 0.5) is 19.0 Å². The molecule has 2 aromatic carbocycles. The predicted molar refractivity (Wildman–Crippen MR) is 116 cm³/mol. The van der Waals surface area contributed by atoms with E-state index in [1.807, 2.05) is 0 Å². The number of nitrogens with two attached hydrogens (primary N) is 1. The summed E-state index contributed by atoms with van der Waals surface area (Å²) in [6.45, 7) is 0.805. The third-order valence-electron chi connectivity index (χ3n) is 5.90. The molecule has 4 aromatic rings. The number of aryl methyl sites for hydroxylation is 1. The molecule has 0 aliphatic carbocycles. The molecule has 6 nitrogen and oxygen atoms in total. The van der Waals surface area contributed by atoms with E-state index in [-0.39, 0.29) is 16.8 Å². The van der Waals surface area contributed by atoms with Crippen LogP contribution in [-0.2, 0) is 13.2 Å². The van der Waals surface area contributed by atoms with E-state index < -0.39 is 11.7 Å². The van der Waals surface area contributed by atoms with Crippen LogP contribution < -0.4 is 5.73 Å². The van der Waals surface area contributed by atoms with Gasteiger partial charge in [0.15, 0.2) is 0 Å². The Hall–Kier alpha value is -3.33. The van der Waals surface area contributed by atoms with Crippen molar-refractivity contribution in [1.82, 2.24) is 19.7 Å². The normalized spacial score (nSPS) is 14.8. The minimum absolute atomic E-state index is 0.0225. The third-order valence-corrected chi connectivity index (χ3v) is 6.22. The first-order chi connectivity index (χ1) is 15.1. The molecule has 2 N–H and O–H groups in total. The van der Waals surface area contributed by atoms with Gasteiger partial charge in [-0.3, -0.25) is 9.48 Å². The van der Waals surface area contributed by atoms with Crippen molar-refractivity contribution in [3.63, 3.8) is 0 Å². The standard InChI is InChI=1S/C22H17ClF3N5O/c1-30-19-15-6-14(17(23)7-18(15)29-20(27)16(19)8-28-30)21(32)31-9-12(10-31)11-2-4-13(5-3-11)22(24,25)26/h2-8,12H,9-10H2,1H3,(H2,27,29). The Balaban J connectivity index is 1.41. The SMILES string of the molecule is Cn1ncc2c(N)nc3cc(Cl)c(C(=O)N4CC(c5ccc(C(F)(F)F)cc5)C4)cc3c21. The van der Waals surface area contributed by atoms with Crippen molar-refractivity contribution in [1.29, 1.82) is 0 Å². The Bertz CT molecular complexity index is 1370. The first-order valence-electron chi connectivity index (χ1n) is 9.80. The number of benzene rings is 2. The van der Waals surface area contributed by atoms with Gasteiger partial charge in [0.2, 0.25) is 0 Å². The lowest BCUT2D eigenvalue weighted by molar-refractivity contribution is -0.137. The van der Waals surface area contributed by atoms with E-state index in [1.54, 1.807) is 35.0 Å². The minimum atomic E-state index is -4.37. The van der Waals surface area contributed by atoms with Crippen LogP contribution >= 0.6 is 11.6 Å². The highest BCUT2D eigenvalue weighted by atomic mass is 35.5. The molecule has 10 heteroatoms. The van der Waals surface area contributed by atoms with Gasteiger partial charge in [0.05, 0.1) is 38.8 Å². The number of nitrogen functional groups attached to an aromatic ring is 1. The number of rotatable bonds is 2. The van der Waals surface area contributed by atoms with Crippen LogP contribution in [0.15, 0.2) is 42.6 Å². The minimum Gasteiger partial charge on any atom is -0.383 e. The van der Waals surface area contributed by atoms with E-state index >= 15 is 0 Å². The number of amides is 1. The first-order valence-corrected chi connectivity index (χ1v) is 10.2. The number of hydrogen-bond donors (Lipinski definition) is 1. The van der Waals surface area contributed by atoms with Gasteiger partial charge in [-0.15, -0.1) is 0 Å². The topological polar surface area (TPSA) is 77.0 Å². The Morgan fingerprint density at radius 2 is 1.84 bits per heavy atom. The van der Waals surface area contributed by atoms with Crippen molar-refractivity contribution in [2.24, 2.45) is 7.05 Å². The molecule has 0 spiro atoms. The molecular weight excluding hydrogens is 443 g/mol. The van der Waals surface area contributed by atoms with Gasteiger partial charge >= 0.3 is 6.18 Å². The lowest BCUT2D eigenvalue weighted by atomic mass is 9.90. The van der Waals surface area contributed by atoms with Gasteiger partial charge in [-0.25, -0.2) is 4.98 Å². The second kappa shape index (κ2) is 7.09. The van der Waals surface area contributed by atoms with Gasteiger partial charge in [0, 0.05) is 31.4 Å². The molecule has 0 atom stereocenters. The average Bonchev–Trinajstić information content (AvgIpc) is 3.09. The monoisotopic (exact) mass is 459 g/mol. The molecule has 0 bridgehead atoms. The molecule has 32 heavy (non-hydrogen) atoms. The van der Waals surface area contributed by atoms with Gasteiger partial charge in [-0.1, -0.05) is 23.7 Å². The summed E-state index contributed by atoms with van der Waals surface area (Å²) in [5.74, 6) is 0.0655. The maximum atomic E-state index is 13.1. The number of hydrogen-bond acceptors (Lipinski definition) is 4. The lowest BCUT2D eigenvalue weighted by Gasteiger charge is -2.40. The number of halogens is 4. The van der Waals surface area contributed by atoms with E-state index in [4.69, 9.17) is 17.3 Å². The van der Waals surface area contributed by atoms with Crippen LogP contribution in [0, 0.1) is 0 Å². The van der Waals surface area contributed by atoms with Crippen molar-refractivity contribution >= 4 is 45.1 Å². The van der Waals surface area contributed by atoms with E-state index in [1.165, 1.54) is 12.1 Å². The highest BCUT2D eigenvalue weighted by molar-refractivity contribution is 6.35. The summed E-state index contributed by atoms with van der Waals surface area (Å²) in [6, 6.07) is 8.37. The molecule has 0 radical (unpaired) electrons. The Labute approximate surface area is 185 Å². The number of anilines is 1. The lowest BCUT2D eigenvalue weighted by Crippen LogP contribution is -2.48. The highest BCUT2D eigenvalue weighted by Crippen LogP contribution is 2.35. The summed E-state index contributed by atoms with van der Waals surface area (Å²) >= 11 is 6.40. The number of carbonyl (C=O) groups excluding carboxylic acids is 1.